The Bertz CT molecular complexity index is 79.3. The Balaban J connectivity index is 2.02. The van der Waals surface area contributed by atoms with Crippen molar-refractivity contribution in [2.24, 2.45) is 11.7 Å². The molecule has 1 rings (SSSR count). The Morgan fingerprint density at radius 2 is 2.40 bits per heavy atom. The van der Waals surface area contributed by atoms with Crippen molar-refractivity contribution in [1.29, 1.82) is 0 Å². The molecule has 0 saturated carbocycles. The van der Waals surface area contributed by atoms with Crippen molar-refractivity contribution in [3.8, 4) is 0 Å². The minimum Gasteiger partial charge on any atom is -0.381 e. The minimum atomic E-state index is 0.803. The molecule has 0 aliphatic carbocycles. The number of rotatable bonds is 3. The highest BCUT2D eigenvalue weighted by Crippen LogP contribution is 2.17. The molecule has 1 fully saturated rings. The first-order valence-electron chi connectivity index (χ1n) is 4.21. The first-order valence-corrected chi connectivity index (χ1v) is 4.21. The molecule has 0 unspecified atom stereocenters. The Labute approximate surface area is 62.7 Å². The molecule has 0 aromatic carbocycles. The highest BCUT2D eigenvalue weighted by atomic mass is 16.5. The molecule has 2 heteroatoms. The van der Waals surface area contributed by atoms with E-state index < -0.39 is 0 Å². The molecule has 0 amide bonds. The molecular weight excluding hydrogens is 126 g/mol. The molecule has 1 aliphatic rings. The molecule has 0 spiro atoms. The fourth-order valence-corrected chi connectivity index (χ4v) is 1.44. The maximum Gasteiger partial charge on any atom is 0.0494 e. The van der Waals surface area contributed by atoms with E-state index in [-0.39, 0.29) is 0 Å². The summed E-state index contributed by atoms with van der Waals surface area (Å²) in [4.78, 5) is 0. The van der Waals surface area contributed by atoms with Crippen LogP contribution in [0, 0.1) is 5.92 Å². The van der Waals surface area contributed by atoms with Crippen molar-refractivity contribution < 1.29 is 4.74 Å². The molecule has 10 heavy (non-hydrogen) atoms. The first kappa shape index (κ1) is 8.02. The van der Waals surface area contributed by atoms with Crippen molar-refractivity contribution in [3.05, 3.63) is 0 Å². The van der Waals surface area contributed by atoms with Gasteiger partial charge < -0.3 is 10.5 Å². The standard InChI is InChI=1S/C8H17NO/c9-5-1-3-8-4-2-6-10-7-8/h8H,1-7,9H2/t8-/m0/s1. The molecule has 0 bridgehead atoms. The zero-order valence-electron chi connectivity index (χ0n) is 6.51. The van der Waals surface area contributed by atoms with Crippen molar-refractivity contribution in [1.82, 2.24) is 0 Å². The van der Waals surface area contributed by atoms with E-state index in [1.54, 1.807) is 0 Å². The lowest BCUT2D eigenvalue weighted by atomic mass is 9.97. The van der Waals surface area contributed by atoms with Gasteiger partial charge >= 0.3 is 0 Å². The van der Waals surface area contributed by atoms with E-state index in [1.807, 2.05) is 0 Å². The van der Waals surface area contributed by atoms with E-state index in [2.05, 4.69) is 0 Å². The van der Waals surface area contributed by atoms with Crippen LogP contribution >= 0.6 is 0 Å². The molecule has 2 nitrogen and oxygen atoms in total. The van der Waals surface area contributed by atoms with Crippen molar-refractivity contribution in [2.75, 3.05) is 19.8 Å². The summed E-state index contributed by atoms with van der Waals surface area (Å²) in [6, 6.07) is 0. The highest BCUT2D eigenvalue weighted by molar-refractivity contribution is 4.62. The van der Waals surface area contributed by atoms with E-state index >= 15 is 0 Å². The van der Waals surface area contributed by atoms with Crippen LogP contribution in [0.5, 0.6) is 0 Å². The van der Waals surface area contributed by atoms with Gasteiger partial charge in [0.2, 0.25) is 0 Å². The number of nitrogens with two attached hydrogens (primary N) is 1. The first-order chi connectivity index (χ1) is 4.93. The van der Waals surface area contributed by atoms with Crippen LogP contribution in [0.1, 0.15) is 25.7 Å². The molecule has 0 aromatic rings. The van der Waals surface area contributed by atoms with Gasteiger partial charge in [0.05, 0.1) is 0 Å². The lowest BCUT2D eigenvalue weighted by Crippen LogP contribution is -2.18. The SMILES string of the molecule is NCCC[C@H]1CCCOC1. The predicted octanol–water partition coefficient (Wildman–Crippen LogP) is 1.15. The third kappa shape index (κ3) is 2.67. The number of hydrogen-bond donors (Lipinski definition) is 1. The van der Waals surface area contributed by atoms with Crippen LogP contribution in [0.15, 0.2) is 0 Å². The van der Waals surface area contributed by atoms with Crippen LogP contribution in [-0.2, 0) is 4.74 Å². The summed E-state index contributed by atoms with van der Waals surface area (Å²) in [5, 5.41) is 0. The third-order valence-electron chi connectivity index (χ3n) is 2.07. The van der Waals surface area contributed by atoms with E-state index in [4.69, 9.17) is 10.5 Å². The number of ether oxygens (including phenoxy) is 1. The van der Waals surface area contributed by atoms with E-state index in [0.717, 1.165) is 32.1 Å². The monoisotopic (exact) mass is 143 g/mol. The van der Waals surface area contributed by atoms with Gasteiger partial charge in [0.15, 0.2) is 0 Å². The van der Waals surface area contributed by atoms with Crippen LogP contribution in [0.4, 0.5) is 0 Å². The average Bonchev–Trinajstić information content (AvgIpc) is 2.03. The second kappa shape index (κ2) is 4.69. The maximum absolute atomic E-state index is 5.40. The largest absolute Gasteiger partial charge is 0.381 e. The van der Waals surface area contributed by atoms with Crippen LogP contribution in [0.25, 0.3) is 0 Å². The van der Waals surface area contributed by atoms with Crippen molar-refractivity contribution >= 4 is 0 Å². The van der Waals surface area contributed by atoms with E-state index in [0.29, 0.717) is 0 Å². The second-order valence-electron chi connectivity index (χ2n) is 3.01. The van der Waals surface area contributed by atoms with Gasteiger partial charge in [-0.25, -0.2) is 0 Å². The van der Waals surface area contributed by atoms with Crippen LogP contribution in [-0.4, -0.2) is 19.8 Å². The summed E-state index contributed by atoms with van der Waals surface area (Å²) < 4.78 is 5.34. The highest BCUT2D eigenvalue weighted by Gasteiger charge is 2.12. The van der Waals surface area contributed by atoms with Gasteiger partial charge in [0, 0.05) is 13.2 Å². The molecule has 1 saturated heterocycles. The molecule has 1 atom stereocenters. The summed E-state index contributed by atoms with van der Waals surface area (Å²) >= 11 is 0. The smallest absolute Gasteiger partial charge is 0.0494 e. The minimum absolute atomic E-state index is 0.803. The molecule has 0 aromatic heterocycles. The normalized spacial score (nSPS) is 26.7. The van der Waals surface area contributed by atoms with Gasteiger partial charge in [-0.1, -0.05) is 0 Å². The lowest BCUT2D eigenvalue weighted by Gasteiger charge is -2.21. The summed E-state index contributed by atoms with van der Waals surface area (Å²) in [5.41, 5.74) is 5.40. The van der Waals surface area contributed by atoms with Gasteiger partial charge in [-0.3, -0.25) is 0 Å². The molecule has 1 heterocycles. The summed E-state index contributed by atoms with van der Waals surface area (Å²) in [5.74, 6) is 0.803. The fourth-order valence-electron chi connectivity index (χ4n) is 1.44. The third-order valence-corrected chi connectivity index (χ3v) is 2.07. The number of hydrogen-bond acceptors (Lipinski definition) is 2. The Morgan fingerprint density at radius 3 is 3.00 bits per heavy atom. The second-order valence-corrected chi connectivity index (χ2v) is 3.01. The summed E-state index contributed by atoms with van der Waals surface area (Å²) in [6.45, 7) is 2.77. The van der Waals surface area contributed by atoms with Gasteiger partial charge in [-0.15, -0.1) is 0 Å². The Morgan fingerprint density at radius 1 is 1.50 bits per heavy atom. The Hall–Kier alpha value is -0.0800. The van der Waals surface area contributed by atoms with E-state index in [1.165, 1.54) is 19.3 Å². The maximum atomic E-state index is 5.40. The Kier molecular flexibility index (Phi) is 3.76. The molecule has 1 aliphatic heterocycles. The zero-order valence-corrected chi connectivity index (χ0v) is 6.51. The van der Waals surface area contributed by atoms with Gasteiger partial charge in [-0.2, -0.15) is 0 Å². The zero-order chi connectivity index (χ0) is 7.23. The average molecular weight is 143 g/mol. The van der Waals surface area contributed by atoms with E-state index in [9.17, 15) is 0 Å². The summed E-state index contributed by atoms with van der Waals surface area (Å²) in [7, 11) is 0. The molecule has 2 N–H and O–H groups in total. The molecule has 0 radical (unpaired) electrons. The predicted molar refractivity (Wildman–Crippen MR) is 41.8 cm³/mol. The van der Waals surface area contributed by atoms with Crippen LogP contribution < -0.4 is 5.73 Å². The van der Waals surface area contributed by atoms with Crippen LogP contribution in [0.3, 0.4) is 0 Å². The topological polar surface area (TPSA) is 35.2 Å². The molecule has 60 valence electrons. The van der Waals surface area contributed by atoms with Crippen LogP contribution in [0.2, 0.25) is 0 Å². The van der Waals surface area contributed by atoms with Crippen molar-refractivity contribution in [2.45, 2.75) is 25.7 Å². The van der Waals surface area contributed by atoms with Gasteiger partial charge in [0.25, 0.3) is 0 Å². The van der Waals surface area contributed by atoms with Crippen molar-refractivity contribution in [3.63, 3.8) is 0 Å². The lowest BCUT2D eigenvalue weighted by molar-refractivity contribution is 0.0512. The fraction of sp³-hybridized carbons (Fsp3) is 1.00. The van der Waals surface area contributed by atoms with Gasteiger partial charge in [-0.05, 0) is 38.1 Å². The summed E-state index contributed by atoms with van der Waals surface area (Å²) in [6.07, 6.45) is 5.01. The quantitative estimate of drug-likeness (QED) is 0.643. The van der Waals surface area contributed by atoms with Gasteiger partial charge in [0.1, 0.15) is 0 Å². The molecular formula is C8H17NO.